The fraction of sp³-hybridized carbons (Fsp3) is 0.263. The van der Waals surface area contributed by atoms with Crippen molar-refractivity contribution in [3.63, 3.8) is 0 Å². The van der Waals surface area contributed by atoms with Crippen LogP contribution in [0, 0.1) is 12.7 Å². The highest BCUT2D eigenvalue weighted by atomic mass is 19.1. The van der Waals surface area contributed by atoms with Crippen molar-refractivity contribution in [3.8, 4) is 0 Å². The van der Waals surface area contributed by atoms with Gasteiger partial charge in [0.2, 0.25) is 0 Å². The van der Waals surface area contributed by atoms with Crippen LogP contribution in [0.4, 0.5) is 4.39 Å². The van der Waals surface area contributed by atoms with Gasteiger partial charge in [0.25, 0.3) is 0 Å². The number of fused-ring (bicyclic) bond motifs is 3. The number of nitrogens with zero attached hydrogens (tertiary/aromatic N) is 1. The number of halogens is 1. The molecule has 4 rings (SSSR count). The van der Waals surface area contributed by atoms with E-state index in [-0.39, 0.29) is 11.7 Å². The minimum atomic E-state index is -0.180. The van der Waals surface area contributed by atoms with E-state index in [9.17, 15) is 4.39 Å². The molecule has 0 amide bonds. The lowest BCUT2D eigenvalue weighted by molar-refractivity contribution is 0.566. The molecule has 1 aliphatic rings. The molecule has 2 heterocycles. The van der Waals surface area contributed by atoms with Crippen LogP contribution < -0.4 is 5.32 Å². The standard InChI is InChI=1S/C19H19FN2/c1-12-3-8-18-15(9-12)17-11-21-10-16(19(17)22(18)2)13-4-6-14(20)7-5-13/h3-9,16,21H,10-11H2,1-2H3. The van der Waals surface area contributed by atoms with Gasteiger partial charge in [-0.25, -0.2) is 4.39 Å². The summed E-state index contributed by atoms with van der Waals surface area (Å²) < 4.78 is 15.5. The van der Waals surface area contributed by atoms with E-state index in [4.69, 9.17) is 0 Å². The topological polar surface area (TPSA) is 17.0 Å². The zero-order chi connectivity index (χ0) is 15.3. The van der Waals surface area contributed by atoms with Gasteiger partial charge >= 0.3 is 0 Å². The Balaban J connectivity index is 1.94. The monoisotopic (exact) mass is 294 g/mol. The van der Waals surface area contributed by atoms with Gasteiger partial charge in [-0.3, -0.25) is 0 Å². The van der Waals surface area contributed by atoms with Gasteiger partial charge in [-0.1, -0.05) is 23.8 Å². The van der Waals surface area contributed by atoms with E-state index in [1.165, 1.54) is 27.7 Å². The van der Waals surface area contributed by atoms with Crippen LogP contribution >= 0.6 is 0 Å². The van der Waals surface area contributed by atoms with Gasteiger partial charge in [-0.05, 0) is 42.3 Å². The summed E-state index contributed by atoms with van der Waals surface area (Å²) in [5, 5.41) is 4.85. The molecule has 0 bridgehead atoms. The van der Waals surface area contributed by atoms with Gasteiger partial charge < -0.3 is 9.88 Å². The predicted octanol–water partition coefficient (Wildman–Crippen LogP) is 3.86. The molecule has 1 atom stereocenters. The molecule has 0 saturated heterocycles. The molecule has 0 saturated carbocycles. The van der Waals surface area contributed by atoms with Crippen molar-refractivity contribution in [2.24, 2.45) is 7.05 Å². The molecule has 112 valence electrons. The second kappa shape index (κ2) is 4.96. The molecule has 2 nitrogen and oxygen atoms in total. The van der Waals surface area contributed by atoms with Crippen LogP contribution in [0.1, 0.15) is 28.3 Å². The van der Waals surface area contributed by atoms with Crippen LogP contribution in [0.5, 0.6) is 0 Å². The third kappa shape index (κ3) is 1.97. The number of benzene rings is 2. The summed E-state index contributed by atoms with van der Waals surface area (Å²) in [6.07, 6.45) is 0. The van der Waals surface area contributed by atoms with Gasteiger partial charge in [0.1, 0.15) is 5.82 Å². The van der Waals surface area contributed by atoms with E-state index in [1.807, 2.05) is 12.1 Å². The van der Waals surface area contributed by atoms with Crippen molar-refractivity contribution < 1.29 is 4.39 Å². The van der Waals surface area contributed by atoms with E-state index < -0.39 is 0 Å². The van der Waals surface area contributed by atoms with Crippen LogP contribution in [-0.4, -0.2) is 11.1 Å². The number of hydrogen-bond acceptors (Lipinski definition) is 1. The largest absolute Gasteiger partial charge is 0.347 e. The first-order valence-electron chi connectivity index (χ1n) is 7.69. The van der Waals surface area contributed by atoms with Gasteiger partial charge in [0.05, 0.1) is 0 Å². The first-order chi connectivity index (χ1) is 10.6. The van der Waals surface area contributed by atoms with Gasteiger partial charge in [0, 0.05) is 42.7 Å². The van der Waals surface area contributed by atoms with Crippen molar-refractivity contribution in [1.82, 2.24) is 9.88 Å². The van der Waals surface area contributed by atoms with Crippen LogP contribution in [0.15, 0.2) is 42.5 Å². The first-order valence-corrected chi connectivity index (χ1v) is 7.69. The molecule has 0 aliphatic carbocycles. The molecule has 2 aromatic carbocycles. The zero-order valence-corrected chi connectivity index (χ0v) is 12.9. The Morgan fingerprint density at radius 2 is 1.91 bits per heavy atom. The summed E-state index contributed by atoms with van der Waals surface area (Å²) >= 11 is 0. The van der Waals surface area contributed by atoms with Gasteiger partial charge in [0.15, 0.2) is 0 Å². The number of rotatable bonds is 1. The average Bonchev–Trinajstić information content (AvgIpc) is 2.81. The molecule has 1 aromatic heterocycles. The predicted molar refractivity (Wildman–Crippen MR) is 87.6 cm³/mol. The summed E-state index contributed by atoms with van der Waals surface area (Å²) in [6.45, 7) is 3.92. The fourth-order valence-electron chi connectivity index (χ4n) is 3.69. The number of aromatic nitrogens is 1. The smallest absolute Gasteiger partial charge is 0.123 e. The third-order valence-corrected chi connectivity index (χ3v) is 4.76. The second-order valence-electron chi connectivity index (χ2n) is 6.18. The van der Waals surface area contributed by atoms with E-state index in [0.717, 1.165) is 18.7 Å². The minimum Gasteiger partial charge on any atom is -0.347 e. The summed E-state index contributed by atoms with van der Waals surface area (Å²) in [5.74, 6) is 0.0856. The minimum absolute atomic E-state index is 0.180. The maximum atomic E-state index is 13.2. The summed E-state index contributed by atoms with van der Waals surface area (Å²) in [5.41, 5.74) is 6.45. The third-order valence-electron chi connectivity index (χ3n) is 4.76. The van der Waals surface area contributed by atoms with Crippen LogP contribution in [0.3, 0.4) is 0 Å². The fourth-order valence-corrected chi connectivity index (χ4v) is 3.69. The highest BCUT2D eigenvalue weighted by Gasteiger charge is 2.27. The van der Waals surface area contributed by atoms with E-state index >= 15 is 0 Å². The Morgan fingerprint density at radius 1 is 1.14 bits per heavy atom. The van der Waals surface area contributed by atoms with Gasteiger partial charge in [-0.15, -0.1) is 0 Å². The number of nitrogens with one attached hydrogen (secondary N) is 1. The summed E-state index contributed by atoms with van der Waals surface area (Å²) in [4.78, 5) is 0. The normalized spacial score (nSPS) is 17.7. The second-order valence-corrected chi connectivity index (χ2v) is 6.18. The Morgan fingerprint density at radius 3 is 2.68 bits per heavy atom. The van der Waals surface area contributed by atoms with Crippen LogP contribution in [-0.2, 0) is 13.6 Å². The summed E-state index contributed by atoms with van der Waals surface area (Å²) in [7, 11) is 2.14. The lowest BCUT2D eigenvalue weighted by Gasteiger charge is -2.26. The molecule has 0 fully saturated rings. The molecule has 0 spiro atoms. The first kappa shape index (κ1) is 13.5. The average molecular weight is 294 g/mol. The van der Waals surface area contributed by atoms with Crippen molar-refractivity contribution in [1.29, 1.82) is 0 Å². The number of aryl methyl sites for hydroxylation is 2. The molecule has 3 aromatic rings. The van der Waals surface area contributed by atoms with Crippen molar-refractivity contribution >= 4 is 10.9 Å². The van der Waals surface area contributed by atoms with E-state index in [0.29, 0.717) is 0 Å². The van der Waals surface area contributed by atoms with Crippen LogP contribution in [0.2, 0.25) is 0 Å². The maximum absolute atomic E-state index is 13.2. The molecule has 1 N–H and O–H groups in total. The molecule has 3 heteroatoms. The molecule has 0 radical (unpaired) electrons. The van der Waals surface area contributed by atoms with E-state index in [2.05, 4.69) is 42.1 Å². The Labute approximate surface area is 129 Å². The zero-order valence-electron chi connectivity index (χ0n) is 12.9. The number of hydrogen-bond donors (Lipinski definition) is 1. The molecular formula is C19H19FN2. The lowest BCUT2D eigenvalue weighted by atomic mass is 9.89. The van der Waals surface area contributed by atoms with E-state index in [1.54, 1.807) is 12.1 Å². The molecule has 22 heavy (non-hydrogen) atoms. The summed E-state index contributed by atoms with van der Waals surface area (Å²) in [6, 6.07) is 13.5. The Bertz CT molecular complexity index is 846. The highest BCUT2D eigenvalue weighted by molar-refractivity contribution is 5.87. The quantitative estimate of drug-likeness (QED) is 0.721. The van der Waals surface area contributed by atoms with Crippen molar-refractivity contribution in [2.45, 2.75) is 19.4 Å². The SMILES string of the molecule is Cc1ccc2c(c1)c1c(n2C)C(c2ccc(F)cc2)CNC1. The molecule has 1 unspecified atom stereocenters. The van der Waals surface area contributed by atoms with Crippen molar-refractivity contribution in [2.75, 3.05) is 6.54 Å². The Hall–Kier alpha value is -2.13. The lowest BCUT2D eigenvalue weighted by Crippen LogP contribution is -2.29. The molecule has 1 aliphatic heterocycles. The van der Waals surface area contributed by atoms with Crippen molar-refractivity contribution in [3.05, 3.63) is 70.7 Å². The van der Waals surface area contributed by atoms with Crippen LogP contribution in [0.25, 0.3) is 10.9 Å². The molecular weight excluding hydrogens is 275 g/mol. The van der Waals surface area contributed by atoms with Gasteiger partial charge in [-0.2, -0.15) is 0 Å². The maximum Gasteiger partial charge on any atom is 0.123 e. The highest BCUT2D eigenvalue weighted by Crippen LogP contribution is 2.36. The Kier molecular flexibility index (Phi) is 3.05.